The van der Waals surface area contributed by atoms with E-state index in [4.69, 9.17) is 0 Å². The average Bonchev–Trinajstić information content (AvgIpc) is 3.51. The molecule has 1 N–H and O–H groups in total. The molecule has 2 heterocycles. The molecule has 0 bridgehead atoms. The van der Waals surface area contributed by atoms with Gasteiger partial charge in [-0.3, -0.25) is 14.6 Å². The van der Waals surface area contributed by atoms with Gasteiger partial charge in [0.25, 0.3) is 5.91 Å². The number of aromatic nitrogens is 1. The van der Waals surface area contributed by atoms with Gasteiger partial charge >= 0.3 is 6.18 Å². The van der Waals surface area contributed by atoms with Gasteiger partial charge in [-0.25, -0.2) is 12.8 Å². The van der Waals surface area contributed by atoms with Crippen LogP contribution in [0.5, 0.6) is 0 Å². The van der Waals surface area contributed by atoms with Crippen LogP contribution in [0.15, 0.2) is 41.6 Å². The van der Waals surface area contributed by atoms with Crippen molar-refractivity contribution in [2.24, 2.45) is 5.92 Å². The maximum Gasteiger partial charge on any atom is 0.416 e. The fourth-order valence-electron chi connectivity index (χ4n) is 3.85. The normalized spacial score (nSPS) is 19.5. The van der Waals surface area contributed by atoms with Crippen molar-refractivity contribution in [1.29, 1.82) is 0 Å². The Kier molecular flexibility index (Phi) is 6.84. The highest BCUT2D eigenvalue weighted by Gasteiger charge is 2.41. The number of benzene rings is 1. The molecule has 2 fully saturated rings. The molecule has 2 aromatic rings. The third-order valence-electron chi connectivity index (χ3n) is 5.89. The summed E-state index contributed by atoms with van der Waals surface area (Å²) in [7, 11) is -3.60. The topological polar surface area (TPSA) is 96.4 Å². The molecule has 1 unspecified atom stereocenters. The standard InChI is InChI=1S/C22H21F4N3O4S2/c1-35(32,33)15-6-13(8-27-9-15)21(31)29-11-34-10-18(29)20(30)28-19(12-2-3-12)16-5-4-14(7-17(16)23)22(24,25)26/h4-9,12,18-19H,2-3,10-11H2,1H3,(H,28,30)/t18-,19?/m1/s1. The first-order valence-electron chi connectivity index (χ1n) is 10.6. The molecule has 35 heavy (non-hydrogen) atoms. The fraction of sp³-hybridized carbons (Fsp3) is 0.409. The van der Waals surface area contributed by atoms with Crippen LogP contribution in [-0.2, 0) is 20.8 Å². The van der Waals surface area contributed by atoms with Crippen LogP contribution in [0.4, 0.5) is 17.6 Å². The minimum atomic E-state index is -4.69. The molecular weight excluding hydrogens is 510 g/mol. The van der Waals surface area contributed by atoms with Crippen molar-refractivity contribution in [3.63, 3.8) is 0 Å². The summed E-state index contributed by atoms with van der Waals surface area (Å²) in [4.78, 5) is 31.1. The van der Waals surface area contributed by atoms with Crippen LogP contribution < -0.4 is 5.32 Å². The monoisotopic (exact) mass is 531 g/mol. The summed E-state index contributed by atoms with van der Waals surface area (Å²) >= 11 is 1.31. The van der Waals surface area contributed by atoms with Gasteiger partial charge in [-0.2, -0.15) is 13.2 Å². The third-order valence-corrected chi connectivity index (χ3v) is 7.98. The highest BCUT2D eigenvalue weighted by molar-refractivity contribution is 7.99. The van der Waals surface area contributed by atoms with Crippen molar-refractivity contribution in [1.82, 2.24) is 15.2 Å². The Morgan fingerprint density at radius 1 is 1.20 bits per heavy atom. The van der Waals surface area contributed by atoms with Gasteiger partial charge in [-0.15, -0.1) is 11.8 Å². The summed E-state index contributed by atoms with van der Waals surface area (Å²) in [5.74, 6) is -1.91. The van der Waals surface area contributed by atoms with Crippen molar-refractivity contribution in [2.75, 3.05) is 17.9 Å². The quantitative estimate of drug-likeness (QED) is 0.574. The number of nitrogens with one attached hydrogen (secondary N) is 1. The average molecular weight is 532 g/mol. The van der Waals surface area contributed by atoms with Crippen molar-refractivity contribution in [2.45, 2.75) is 36.0 Å². The van der Waals surface area contributed by atoms with Gasteiger partial charge in [0.2, 0.25) is 5.91 Å². The van der Waals surface area contributed by atoms with Gasteiger partial charge in [-0.05, 0) is 37.0 Å². The first-order valence-corrected chi connectivity index (χ1v) is 13.6. The van der Waals surface area contributed by atoms with E-state index in [9.17, 15) is 35.6 Å². The van der Waals surface area contributed by atoms with Crippen molar-refractivity contribution in [3.8, 4) is 0 Å². The third kappa shape index (κ3) is 5.61. The van der Waals surface area contributed by atoms with Crippen molar-refractivity contribution >= 4 is 33.4 Å². The van der Waals surface area contributed by atoms with Crippen LogP contribution in [0.3, 0.4) is 0 Å². The largest absolute Gasteiger partial charge is 0.416 e. The minimum absolute atomic E-state index is 0.000696. The second-order valence-electron chi connectivity index (χ2n) is 8.53. The molecule has 1 saturated heterocycles. The number of nitrogens with zero attached hydrogens (tertiary/aromatic N) is 2. The maximum atomic E-state index is 14.6. The minimum Gasteiger partial charge on any atom is -0.347 e. The van der Waals surface area contributed by atoms with E-state index < -0.39 is 51.3 Å². The summed E-state index contributed by atoms with van der Waals surface area (Å²) in [6, 6.07) is 1.67. The SMILES string of the molecule is CS(=O)(=O)c1cncc(C(=O)N2CSC[C@@H]2C(=O)NC(c2ccc(C(F)(F)F)cc2F)C2CC2)c1. The number of sulfone groups is 1. The van der Waals surface area contributed by atoms with Crippen molar-refractivity contribution < 1.29 is 35.6 Å². The summed E-state index contributed by atoms with van der Waals surface area (Å²) in [6.45, 7) is 0. The number of alkyl halides is 3. The molecule has 2 amide bonds. The number of carbonyl (C=O) groups is 2. The number of pyridine rings is 1. The molecule has 13 heteroatoms. The molecule has 188 valence electrons. The summed E-state index contributed by atoms with van der Waals surface area (Å²) in [6.07, 6.45) is -0.0240. The molecule has 7 nitrogen and oxygen atoms in total. The number of hydrogen-bond donors (Lipinski definition) is 1. The van der Waals surface area contributed by atoms with Gasteiger partial charge in [0.15, 0.2) is 9.84 Å². The van der Waals surface area contributed by atoms with Crippen LogP contribution in [0.2, 0.25) is 0 Å². The predicted molar refractivity (Wildman–Crippen MR) is 120 cm³/mol. The van der Waals surface area contributed by atoms with Gasteiger partial charge < -0.3 is 10.2 Å². The molecule has 0 spiro atoms. The number of amides is 2. The van der Waals surface area contributed by atoms with Crippen LogP contribution >= 0.6 is 11.8 Å². The molecular formula is C22H21F4N3O4S2. The predicted octanol–water partition coefficient (Wildman–Crippen LogP) is 3.43. The maximum absolute atomic E-state index is 14.6. The Hall–Kier alpha value is -2.67. The Bertz CT molecular complexity index is 1270. The number of halogens is 4. The first kappa shape index (κ1) is 25.4. The zero-order valence-corrected chi connectivity index (χ0v) is 20.0. The lowest BCUT2D eigenvalue weighted by molar-refractivity contribution is -0.137. The van der Waals surface area contributed by atoms with E-state index in [1.165, 1.54) is 28.9 Å². The Balaban J connectivity index is 1.54. The molecule has 2 aliphatic rings. The van der Waals surface area contributed by atoms with Gasteiger partial charge in [0.05, 0.1) is 27.9 Å². The molecule has 0 radical (unpaired) electrons. The molecule has 4 rings (SSSR count). The van der Waals surface area contributed by atoms with Gasteiger partial charge in [0, 0.05) is 30.0 Å². The molecule has 1 saturated carbocycles. The van der Waals surface area contributed by atoms with E-state index in [1.54, 1.807) is 0 Å². The van der Waals surface area contributed by atoms with E-state index in [0.29, 0.717) is 18.9 Å². The van der Waals surface area contributed by atoms with Crippen LogP contribution in [-0.4, -0.2) is 54.0 Å². The van der Waals surface area contributed by atoms with E-state index >= 15 is 0 Å². The van der Waals surface area contributed by atoms with Gasteiger partial charge in [0.1, 0.15) is 11.9 Å². The lowest BCUT2D eigenvalue weighted by Gasteiger charge is -2.26. The number of thioether (sulfide) groups is 1. The fourth-order valence-corrected chi connectivity index (χ4v) is 5.60. The Morgan fingerprint density at radius 2 is 1.91 bits per heavy atom. The smallest absolute Gasteiger partial charge is 0.347 e. The molecule has 1 aromatic heterocycles. The first-order chi connectivity index (χ1) is 16.4. The lowest BCUT2D eigenvalue weighted by atomic mass is 9.99. The Morgan fingerprint density at radius 3 is 2.51 bits per heavy atom. The number of rotatable bonds is 6. The second kappa shape index (κ2) is 9.41. The Labute approximate surface area is 203 Å². The van der Waals surface area contributed by atoms with Crippen LogP contribution in [0.1, 0.15) is 40.4 Å². The highest BCUT2D eigenvalue weighted by Crippen LogP contribution is 2.43. The van der Waals surface area contributed by atoms with Crippen molar-refractivity contribution in [3.05, 3.63) is 59.2 Å². The molecule has 2 atom stereocenters. The number of carbonyl (C=O) groups excluding carboxylic acids is 2. The zero-order chi connectivity index (χ0) is 25.5. The summed E-state index contributed by atoms with van der Waals surface area (Å²) < 4.78 is 77.0. The van der Waals surface area contributed by atoms with Crippen LogP contribution in [0.25, 0.3) is 0 Å². The van der Waals surface area contributed by atoms with Gasteiger partial charge in [-0.1, -0.05) is 6.07 Å². The second-order valence-corrected chi connectivity index (χ2v) is 11.5. The molecule has 1 aliphatic carbocycles. The lowest BCUT2D eigenvalue weighted by Crippen LogP contribution is -2.48. The molecule has 1 aliphatic heterocycles. The highest BCUT2D eigenvalue weighted by atomic mass is 32.2. The number of hydrogen-bond acceptors (Lipinski definition) is 6. The summed E-state index contributed by atoms with van der Waals surface area (Å²) in [5, 5.41) is 2.73. The molecule has 1 aromatic carbocycles. The van der Waals surface area contributed by atoms with Crippen LogP contribution in [0, 0.1) is 11.7 Å². The van der Waals surface area contributed by atoms with E-state index in [-0.39, 0.29) is 33.6 Å². The van der Waals surface area contributed by atoms with E-state index in [1.807, 2.05) is 0 Å². The zero-order valence-electron chi connectivity index (χ0n) is 18.4. The van der Waals surface area contributed by atoms with E-state index in [0.717, 1.165) is 24.6 Å². The van der Waals surface area contributed by atoms with E-state index in [2.05, 4.69) is 10.3 Å². The summed E-state index contributed by atoms with van der Waals surface area (Å²) in [5.41, 5.74) is -1.16.